The minimum Gasteiger partial charge on any atom is -0.340 e. The zero-order chi connectivity index (χ0) is 16.4. The largest absolute Gasteiger partial charge is 0.340 e. The molecule has 2 heterocycles. The monoisotopic (exact) mass is 341 g/mol. The third kappa shape index (κ3) is 3.52. The zero-order valence-electron chi connectivity index (χ0n) is 13.9. The molecule has 1 fully saturated rings. The Kier molecular flexibility index (Phi) is 4.63. The number of rotatable bonds is 4. The highest BCUT2D eigenvalue weighted by atomic mass is 32.1. The highest BCUT2D eigenvalue weighted by Gasteiger charge is 2.23. The number of thiazole rings is 1. The third-order valence-electron chi connectivity index (χ3n) is 4.92. The van der Waals surface area contributed by atoms with Gasteiger partial charge in [0.15, 0.2) is 0 Å². The molecule has 1 saturated heterocycles. The number of carbonyl (C=O) groups excluding carboxylic acids is 1. The maximum absolute atomic E-state index is 12.4. The van der Waals surface area contributed by atoms with E-state index in [9.17, 15) is 4.79 Å². The molecule has 1 aromatic carbocycles. The normalized spacial score (nSPS) is 17.9. The lowest BCUT2D eigenvalue weighted by Gasteiger charge is -2.34. The minimum atomic E-state index is 0.245. The minimum absolute atomic E-state index is 0.245. The second-order valence-corrected chi connectivity index (χ2v) is 7.82. The number of piperazine rings is 1. The van der Waals surface area contributed by atoms with Crippen molar-refractivity contribution in [2.45, 2.75) is 32.2 Å². The van der Waals surface area contributed by atoms with Gasteiger partial charge >= 0.3 is 0 Å². The molecular formula is C19H23N3OS. The Bertz CT molecular complexity index is 683. The third-order valence-corrected chi connectivity index (χ3v) is 6.06. The Morgan fingerprint density at radius 2 is 1.88 bits per heavy atom. The maximum Gasteiger partial charge on any atom is 0.227 e. The SMILES string of the molecule is O=C(Cc1ccccc1)N1CCN(Cc2nc3c(s2)CCC3)CC1. The standard InChI is InChI=1S/C19H23N3OS/c23-19(13-15-5-2-1-3-6-15)22-11-9-21(10-12-22)14-18-20-16-7-4-8-17(16)24-18/h1-3,5-6H,4,7-14H2. The molecule has 1 aliphatic carbocycles. The smallest absolute Gasteiger partial charge is 0.227 e. The maximum atomic E-state index is 12.4. The van der Waals surface area contributed by atoms with E-state index in [1.807, 2.05) is 46.6 Å². The number of amides is 1. The Hall–Kier alpha value is -1.72. The number of carbonyl (C=O) groups is 1. The van der Waals surface area contributed by atoms with Crippen LogP contribution in [0.15, 0.2) is 30.3 Å². The summed E-state index contributed by atoms with van der Waals surface area (Å²) in [5.74, 6) is 0.245. The first-order chi connectivity index (χ1) is 11.8. The van der Waals surface area contributed by atoms with E-state index in [0.717, 1.165) is 44.7 Å². The number of aryl methyl sites for hydroxylation is 2. The van der Waals surface area contributed by atoms with Gasteiger partial charge in [-0.15, -0.1) is 11.3 Å². The van der Waals surface area contributed by atoms with Gasteiger partial charge in [-0.05, 0) is 24.8 Å². The quantitative estimate of drug-likeness (QED) is 0.857. The van der Waals surface area contributed by atoms with Crippen LogP contribution in [-0.2, 0) is 30.6 Å². The summed E-state index contributed by atoms with van der Waals surface area (Å²) in [6, 6.07) is 10.0. The second kappa shape index (κ2) is 7.03. The fourth-order valence-corrected chi connectivity index (χ4v) is 4.74. The van der Waals surface area contributed by atoms with Crippen LogP contribution in [0.1, 0.15) is 27.6 Å². The van der Waals surface area contributed by atoms with Crippen molar-refractivity contribution in [3.8, 4) is 0 Å². The first-order valence-corrected chi connectivity index (χ1v) is 9.61. The molecule has 2 aromatic rings. The van der Waals surface area contributed by atoms with Crippen molar-refractivity contribution in [1.29, 1.82) is 0 Å². The molecule has 24 heavy (non-hydrogen) atoms. The predicted octanol–water partition coefficient (Wildman–Crippen LogP) is 2.52. The van der Waals surface area contributed by atoms with Crippen LogP contribution in [0, 0.1) is 0 Å². The van der Waals surface area contributed by atoms with E-state index in [2.05, 4.69) is 4.90 Å². The number of benzene rings is 1. The molecule has 126 valence electrons. The molecule has 0 atom stereocenters. The highest BCUT2D eigenvalue weighted by molar-refractivity contribution is 7.11. The molecule has 0 N–H and O–H groups in total. The zero-order valence-corrected chi connectivity index (χ0v) is 14.7. The van der Waals surface area contributed by atoms with E-state index in [1.165, 1.54) is 28.4 Å². The fraction of sp³-hybridized carbons (Fsp3) is 0.474. The van der Waals surface area contributed by atoms with Crippen LogP contribution < -0.4 is 0 Å². The first kappa shape index (κ1) is 15.8. The lowest BCUT2D eigenvalue weighted by Crippen LogP contribution is -2.48. The van der Waals surface area contributed by atoms with Crippen molar-refractivity contribution in [2.75, 3.05) is 26.2 Å². The molecule has 4 rings (SSSR count). The van der Waals surface area contributed by atoms with E-state index >= 15 is 0 Å². The summed E-state index contributed by atoms with van der Waals surface area (Å²) in [6.07, 6.45) is 4.17. The summed E-state index contributed by atoms with van der Waals surface area (Å²) >= 11 is 1.89. The Morgan fingerprint density at radius 3 is 2.62 bits per heavy atom. The Morgan fingerprint density at radius 1 is 1.08 bits per heavy atom. The fourth-order valence-electron chi connectivity index (χ4n) is 3.54. The number of nitrogens with zero attached hydrogens (tertiary/aromatic N) is 3. The van der Waals surface area contributed by atoms with E-state index in [4.69, 9.17) is 4.98 Å². The Labute approximate surface area is 147 Å². The average Bonchev–Trinajstić information content (AvgIpc) is 3.18. The van der Waals surface area contributed by atoms with Crippen molar-refractivity contribution in [1.82, 2.24) is 14.8 Å². The van der Waals surface area contributed by atoms with Gasteiger partial charge in [-0.3, -0.25) is 9.69 Å². The molecule has 1 aliphatic heterocycles. The summed E-state index contributed by atoms with van der Waals surface area (Å²) < 4.78 is 0. The number of hydrogen-bond acceptors (Lipinski definition) is 4. The van der Waals surface area contributed by atoms with Gasteiger partial charge in [0.2, 0.25) is 5.91 Å². The average molecular weight is 341 g/mol. The summed E-state index contributed by atoms with van der Waals surface area (Å²) in [6.45, 7) is 4.50. The van der Waals surface area contributed by atoms with Gasteiger partial charge in [-0.25, -0.2) is 4.98 Å². The second-order valence-electron chi connectivity index (χ2n) is 6.65. The van der Waals surface area contributed by atoms with Gasteiger partial charge in [0.05, 0.1) is 18.7 Å². The van der Waals surface area contributed by atoms with Crippen molar-refractivity contribution < 1.29 is 4.79 Å². The highest BCUT2D eigenvalue weighted by Crippen LogP contribution is 2.28. The van der Waals surface area contributed by atoms with E-state index in [0.29, 0.717) is 6.42 Å². The van der Waals surface area contributed by atoms with Crippen LogP contribution in [0.25, 0.3) is 0 Å². The van der Waals surface area contributed by atoms with Crippen LogP contribution in [0.5, 0.6) is 0 Å². The Balaban J connectivity index is 1.27. The van der Waals surface area contributed by atoms with Crippen LogP contribution in [0.4, 0.5) is 0 Å². The van der Waals surface area contributed by atoms with Crippen LogP contribution >= 0.6 is 11.3 Å². The summed E-state index contributed by atoms with van der Waals surface area (Å²) in [4.78, 5) is 23.2. The molecule has 2 aliphatic rings. The molecule has 0 spiro atoms. The molecule has 5 heteroatoms. The molecule has 0 radical (unpaired) electrons. The number of hydrogen-bond donors (Lipinski definition) is 0. The van der Waals surface area contributed by atoms with E-state index in [-0.39, 0.29) is 5.91 Å². The summed E-state index contributed by atoms with van der Waals surface area (Å²) in [7, 11) is 0. The van der Waals surface area contributed by atoms with Gasteiger partial charge in [0.25, 0.3) is 0 Å². The van der Waals surface area contributed by atoms with Gasteiger partial charge < -0.3 is 4.90 Å². The van der Waals surface area contributed by atoms with Crippen molar-refractivity contribution in [3.63, 3.8) is 0 Å². The van der Waals surface area contributed by atoms with E-state index < -0.39 is 0 Å². The van der Waals surface area contributed by atoms with Crippen molar-refractivity contribution >= 4 is 17.2 Å². The van der Waals surface area contributed by atoms with Gasteiger partial charge in [-0.1, -0.05) is 30.3 Å². The molecule has 0 bridgehead atoms. The molecule has 0 saturated carbocycles. The first-order valence-electron chi connectivity index (χ1n) is 8.79. The lowest BCUT2D eigenvalue weighted by atomic mass is 10.1. The predicted molar refractivity (Wildman–Crippen MR) is 96.1 cm³/mol. The molecule has 1 aromatic heterocycles. The van der Waals surface area contributed by atoms with Crippen molar-refractivity contribution in [3.05, 3.63) is 51.5 Å². The molecular weight excluding hydrogens is 318 g/mol. The van der Waals surface area contributed by atoms with Crippen LogP contribution in [-0.4, -0.2) is 46.9 Å². The van der Waals surface area contributed by atoms with Gasteiger partial charge in [0.1, 0.15) is 5.01 Å². The van der Waals surface area contributed by atoms with Gasteiger partial charge in [-0.2, -0.15) is 0 Å². The van der Waals surface area contributed by atoms with E-state index in [1.54, 1.807) is 0 Å². The van der Waals surface area contributed by atoms with Crippen LogP contribution in [0.3, 0.4) is 0 Å². The molecule has 0 unspecified atom stereocenters. The molecule has 1 amide bonds. The summed E-state index contributed by atoms with van der Waals surface area (Å²) in [5.41, 5.74) is 2.44. The van der Waals surface area contributed by atoms with Gasteiger partial charge in [0, 0.05) is 31.1 Å². The molecule has 4 nitrogen and oxygen atoms in total. The van der Waals surface area contributed by atoms with Crippen LogP contribution in [0.2, 0.25) is 0 Å². The summed E-state index contributed by atoms with van der Waals surface area (Å²) in [5, 5.41) is 1.25. The topological polar surface area (TPSA) is 36.4 Å². The van der Waals surface area contributed by atoms with Crippen molar-refractivity contribution in [2.24, 2.45) is 0 Å². The number of aromatic nitrogens is 1. The number of fused-ring (bicyclic) bond motifs is 1. The lowest BCUT2D eigenvalue weighted by molar-refractivity contribution is -0.132.